The standard InChI is InChI=1S/C32H40FN5O9Si/c1-17-28(48(2,3)33)23(11-13-37-16-19(12-14-39)35-36-37)47-32(17)21-15-18(34-29(43)27-25(41)24(40)26(42)30(44)46-27)9-10-22(21)38(31(32)45)20-7-5-4-6-8-20/h4-10,15-17,23-28,30,39-42,44H,11-14H2,1-3H3,(H,34,43)/t17-,23+,24+,25+,26-,27+,28-,30-,32+/m1/s1. The van der Waals surface area contributed by atoms with Crippen molar-refractivity contribution in [3.8, 4) is 0 Å². The van der Waals surface area contributed by atoms with Crippen molar-refractivity contribution in [1.29, 1.82) is 0 Å². The summed E-state index contributed by atoms with van der Waals surface area (Å²) in [5, 5.41) is 60.3. The quantitative estimate of drug-likeness (QED) is 0.139. The number of fused-ring (bicyclic) bond motifs is 2. The van der Waals surface area contributed by atoms with Gasteiger partial charge in [-0.05, 0) is 49.8 Å². The van der Waals surface area contributed by atoms with E-state index < -0.39 is 74.1 Å². The van der Waals surface area contributed by atoms with Gasteiger partial charge in [-0.1, -0.05) is 30.3 Å². The largest absolute Gasteiger partial charge is 0.396 e. The van der Waals surface area contributed by atoms with E-state index in [0.717, 1.165) is 0 Å². The fraction of sp³-hybridized carbons (Fsp3) is 0.500. The first-order valence-corrected chi connectivity index (χ1v) is 18.8. The Kier molecular flexibility index (Phi) is 9.29. The zero-order chi connectivity index (χ0) is 34.5. The topological polar surface area (TPSA) is 200 Å². The summed E-state index contributed by atoms with van der Waals surface area (Å²) in [6.45, 7) is 5.27. The lowest BCUT2D eigenvalue weighted by atomic mass is 9.82. The molecule has 1 aromatic heterocycles. The van der Waals surface area contributed by atoms with Gasteiger partial charge in [0, 0.05) is 54.2 Å². The van der Waals surface area contributed by atoms with Crippen molar-refractivity contribution in [2.45, 2.75) is 87.4 Å². The van der Waals surface area contributed by atoms with Crippen LogP contribution < -0.4 is 10.2 Å². The molecule has 0 radical (unpaired) electrons. The maximum atomic E-state index is 16.3. The molecule has 0 unspecified atom stereocenters. The highest BCUT2D eigenvalue weighted by Gasteiger charge is 2.67. The Morgan fingerprint density at radius 3 is 2.50 bits per heavy atom. The molecule has 1 spiro atoms. The average molecular weight is 686 g/mol. The predicted octanol–water partition coefficient (Wildman–Crippen LogP) is 1.09. The lowest BCUT2D eigenvalue weighted by Gasteiger charge is -2.37. The van der Waals surface area contributed by atoms with Gasteiger partial charge in [0.15, 0.2) is 18.0 Å². The molecule has 0 aliphatic carbocycles. The Labute approximate surface area is 276 Å². The highest BCUT2D eigenvalue weighted by Crippen LogP contribution is 2.61. The van der Waals surface area contributed by atoms with Crippen LogP contribution in [0.5, 0.6) is 0 Å². The first-order chi connectivity index (χ1) is 22.8. The minimum atomic E-state index is -3.49. The van der Waals surface area contributed by atoms with Crippen LogP contribution in [0.2, 0.25) is 18.6 Å². The number of carbonyl (C=O) groups excluding carboxylic acids is 2. The van der Waals surface area contributed by atoms with E-state index in [4.69, 9.17) is 9.47 Å². The van der Waals surface area contributed by atoms with E-state index in [1.807, 2.05) is 13.0 Å². The van der Waals surface area contributed by atoms with Crippen LogP contribution in [0.4, 0.5) is 21.2 Å². The number of nitrogens with one attached hydrogen (secondary N) is 1. The number of carbonyl (C=O) groups is 2. The molecule has 0 saturated carbocycles. The molecule has 2 amide bonds. The second-order valence-corrected chi connectivity index (χ2v) is 16.9. The number of para-hydroxylation sites is 1. The Balaban J connectivity index is 1.37. The van der Waals surface area contributed by atoms with Crippen LogP contribution in [0.1, 0.15) is 24.6 Å². The van der Waals surface area contributed by atoms with Gasteiger partial charge >= 0.3 is 0 Å². The predicted molar refractivity (Wildman–Crippen MR) is 171 cm³/mol. The number of nitrogens with zero attached hydrogens (tertiary/aromatic N) is 4. The van der Waals surface area contributed by atoms with Crippen LogP contribution in [0.15, 0.2) is 54.7 Å². The lowest BCUT2D eigenvalue weighted by molar-refractivity contribution is -0.274. The summed E-state index contributed by atoms with van der Waals surface area (Å²) in [4.78, 5) is 29.5. The normalized spacial score (nSPS) is 31.8. The number of amides is 2. The van der Waals surface area contributed by atoms with Crippen LogP contribution in [-0.4, -0.2) is 104 Å². The minimum absolute atomic E-state index is 0.0721. The number of benzene rings is 2. The SMILES string of the molecule is C[C@@H]1[C@@H]([Si](C)(C)F)[C@H](CCn2cc(CCO)nn2)O[C@@]12C(=O)N(c1ccccc1)c1ccc(NC(=O)[C@H]3O[C@@H](O)[C@H](O)[C@@H](O)[C@@H]3O)cc12. The van der Waals surface area contributed by atoms with Gasteiger partial charge in [0.2, 0.25) is 8.41 Å². The third kappa shape index (κ3) is 5.85. The molecule has 2 fully saturated rings. The second-order valence-electron chi connectivity index (χ2n) is 13.1. The summed E-state index contributed by atoms with van der Waals surface area (Å²) in [6, 6.07) is 13.7. The maximum Gasteiger partial charge on any atom is 0.268 e. The molecule has 6 N–H and O–H groups in total. The summed E-state index contributed by atoms with van der Waals surface area (Å²) in [6.07, 6.45) is -7.39. The fourth-order valence-electron chi connectivity index (χ4n) is 7.38. The number of aromatic nitrogens is 3. The maximum absolute atomic E-state index is 16.3. The molecule has 3 aliphatic heterocycles. The number of hydrogen-bond acceptors (Lipinski definition) is 11. The molecular weight excluding hydrogens is 645 g/mol. The smallest absolute Gasteiger partial charge is 0.268 e. The molecule has 0 bridgehead atoms. The Bertz CT molecular complexity index is 1660. The van der Waals surface area contributed by atoms with Gasteiger partial charge in [0.05, 0.1) is 17.5 Å². The second kappa shape index (κ2) is 13.0. The van der Waals surface area contributed by atoms with Crippen molar-refractivity contribution in [2.24, 2.45) is 5.92 Å². The van der Waals surface area contributed by atoms with Crippen molar-refractivity contribution in [2.75, 3.05) is 16.8 Å². The number of halogens is 1. The Hall–Kier alpha value is -3.61. The minimum Gasteiger partial charge on any atom is -0.396 e. The Morgan fingerprint density at radius 1 is 1.08 bits per heavy atom. The van der Waals surface area contributed by atoms with Crippen LogP contribution in [-0.2, 0) is 37.6 Å². The zero-order valence-corrected chi connectivity index (χ0v) is 27.7. The molecule has 258 valence electrons. The molecule has 14 nitrogen and oxygen atoms in total. The van der Waals surface area contributed by atoms with Crippen molar-refractivity contribution in [3.05, 3.63) is 66.0 Å². The summed E-state index contributed by atoms with van der Waals surface area (Å²) >= 11 is 0. The van der Waals surface area contributed by atoms with Gasteiger partial charge in [-0.25, -0.2) is 0 Å². The van der Waals surface area contributed by atoms with Gasteiger partial charge in [0.25, 0.3) is 11.8 Å². The summed E-state index contributed by atoms with van der Waals surface area (Å²) in [5.41, 5.74) is 0.0529. The molecule has 6 rings (SSSR count). The number of rotatable bonds is 9. The van der Waals surface area contributed by atoms with Gasteiger partial charge in [-0.2, -0.15) is 0 Å². The average Bonchev–Trinajstić information content (AvgIpc) is 3.70. The Morgan fingerprint density at radius 2 is 1.81 bits per heavy atom. The van der Waals surface area contributed by atoms with E-state index in [2.05, 4.69) is 15.6 Å². The lowest BCUT2D eigenvalue weighted by Crippen LogP contribution is -2.60. The van der Waals surface area contributed by atoms with Gasteiger partial charge in [-0.15, -0.1) is 5.10 Å². The van der Waals surface area contributed by atoms with E-state index in [9.17, 15) is 35.1 Å². The summed E-state index contributed by atoms with van der Waals surface area (Å²) < 4.78 is 29.8. The van der Waals surface area contributed by atoms with Gasteiger partial charge in [0.1, 0.15) is 18.3 Å². The van der Waals surface area contributed by atoms with Crippen molar-refractivity contribution in [1.82, 2.24) is 15.0 Å². The van der Waals surface area contributed by atoms with Crippen LogP contribution >= 0.6 is 0 Å². The van der Waals surface area contributed by atoms with Crippen molar-refractivity contribution < 1.29 is 48.7 Å². The molecular formula is C32H40FN5O9Si. The highest BCUT2D eigenvalue weighted by atomic mass is 28.4. The summed E-state index contributed by atoms with van der Waals surface area (Å²) in [7, 11) is -3.49. The van der Waals surface area contributed by atoms with Crippen molar-refractivity contribution >= 4 is 37.3 Å². The van der Waals surface area contributed by atoms with Gasteiger partial charge < -0.3 is 44.4 Å². The van der Waals surface area contributed by atoms with E-state index in [1.165, 1.54) is 4.90 Å². The number of aliphatic hydroxyl groups excluding tert-OH is 5. The highest BCUT2D eigenvalue weighted by molar-refractivity contribution is 6.72. The molecule has 2 saturated heterocycles. The molecule has 3 aliphatic rings. The molecule has 16 heteroatoms. The molecule has 9 atom stereocenters. The van der Waals surface area contributed by atoms with Crippen LogP contribution in [0.25, 0.3) is 0 Å². The summed E-state index contributed by atoms with van der Waals surface area (Å²) in [5.74, 6) is -1.94. The van der Waals surface area contributed by atoms with E-state index >= 15 is 4.11 Å². The molecule has 4 heterocycles. The fourth-order valence-corrected chi connectivity index (χ4v) is 9.92. The van der Waals surface area contributed by atoms with Crippen molar-refractivity contribution in [3.63, 3.8) is 0 Å². The van der Waals surface area contributed by atoms with Crippen LogP contribution in [0.3, 0.4) is 0 Å². The molecule has 3 aromatic rings. The van der Waals surface area contributed by atoms with Gasteiger partial charge in [-0.3, -0.25) is 19.2 Å². The number of hydrogen-bond donors (Lipinski definition) is 6. The molecule has 48 heavy (non-hydrogen) atoms. The number of ether oxygens (including phenoxy) is 2. The van der Waals surface area contributed by atoms with E-state index in [1.54, 1.807) is 66.4 Å². The third-order valence-electron chi connectivity index (χ3n) is 9.59. The number of aryl methyl sites for hydroxylation is 1. The number of anilines is 3. The van der Waals surface area contributed by atoms with E-state index in [-0.39, 0.29) is 12.3 Å². The molecule has 2 aromatic carbocycles. The first kappa shape index (κ1) is 34.3. The van der Waals surface area contributed by atoms with Crippen LogP contribution in [0, 0.1) is 5.92 Å². The number of aliphatic hydroxyl groups is 5. The monoisotopic (exact) mass is 685 g/mol. The third-order valence-corrected chi connectivity index (χ3v) is 12.1. The first-order valence-electron chi connectivity index (χ1n) is 15.9. The van der Waals surface area contributed by atoms with E-state index in [0.29, 0.717) is 42.0 Å². The zero-order valence-electron chi connectivity index (χ0n) is 26.7.